The Labute approximate surface area is 183 Å². The molecule has 0 fully saturated rings. The largest absolute Gasteiger partial charge is 0.460 e. The SMILES string of the molecule is FC(F)(F)c1cccc(-c2ccc(CN3CCc4nc(-c5ccccc5)ncc4C3)o2)c1. The van der Waals surface area contributed by atoms with Gasteiger partial charge >= 0.3 is 6.18 Å². The quantitative estimate of drug-likeness (QED) is 0.395. The highest BCUT2D eigenvalue weighted by atomic mass is 19.4. The Kier molecular flexibility index (Phi) is 5.27. The Hall–Kier alpha value is -3.45. The second kappa shape index (κ2) is 8.24. The summed E-state index contributed by atoms with van der Waals surface area (Å²) in [5.74, 6) is 1.87. The fourth-order valence-electron chi connectivity index (χ4n) is 3.92. The van der Waals surface area contributed by atoms with Crippen LogP contribution < -0.4 is 0 Å². The lowest BCUT2D eigenvalue weighted by molar-refractivity contribution is -0.137. The molecule has 0 amide bonds. The third-order valence-corrected chi connectivity index (χ3v) is 5.56. The normalized spacial score (nSPS) is 14.3. The van der Waals surface area contributed by atoms with E-state index in [-0.39, 0.29) is 0 Å². The molecule has 7 heteroatoms. The van der Waals surface area contributed by atoms with Gasteiger partial charge in [0.15, 0.2) is 5.82 Å². The maximum absolute atomic E-state index is 13.0. The van der Waals surface area contributed by atoms with Gasteiger partial charge in [0.25, 0.3) is 0 Å². The molecule has 1 aliphatic rings. The summed E-state index contributed by atoms with van der Waals surface area (Å²) in [5, 5.41) is 0. The number of furan rings is 1. The number of rotatable bonds is 4. The van der Waals surface area contributed by atoms with Gasteiger partial charge in [-0.25, -0.2) is 9.97 Å². The molecule has 2 aromatic carbocycles. The molecule has 0 saturated heterocycles. The van der Waals surface area contributed by atoms with Crippen LogP contribution in [0.1, 0.15) is 22.6 Å². The van der Waals surface area contributed by atoms with Crippen molar-refractivity contribution in [3.8, 4) is 22.7 Å². The van der Waals surface area contributed by atoms with Crippen molar-refractivity contribution in [2.45, 2.75) is 25.7 Å². The first-order valence-electron chi connectivity index (χ1n) is 10.3. The Balaban J connectivity index is 1.29. The van der Waals surface area contributed by atoms with Gasteiger partial charge in [-0.2, -0.15) is 13.2 Å². The van der Waals surface area contributed by atoms with Gasteiger partial charge in [-0.3, -0.25) is 4.90 Å². The minimum Gasteiger partial charge on any atom is -0.460 e. The predicted molar refractivity (Wildman–Crippen MR) is 114 cm³/mol. The Morgan fingerprint density at radius 1 is 0.938 bits per heavy atom. The second-order valence-corrected chi connectivity index (χ2v) is 7.84. The zero-order valence-electron chi connectivity index (χ0n) is 17.1. The highest BCUT2D eigenvalue weighted by molar-refractivity contribution is 5.59. The molecule has 1 aliphatic heterocycles. The molecule has 162 valence electrons. The molecule has 0 bridgehead atoms. The maximum atomic E-state index is 13.0. The summed E-state index contributed by atoms with van der Waals surface area (Å²) in [6, 6.07) is 18.6. The van der Waals surface area contributed by atoms with E-state index < -0.39 is 11.7 Å². The van der Waals surface area contributed by atoms with Crippen LogP contribution in [0, 0.1) is 0 Å². The van der Waals surface area contributed by atoms with Crippen molar-refractivity contribution < 1.29 is 17.6 Å². The van der Waals surface area contributed by atoms with Crippen LogP contribution in [-0.2, 0) is 25.7 Å². The van der Waals surface area contributed by atoms with Crippen molar-refractivity contribution >= 4 is 0 Å². The molecule has 0 N–H and O–H groups in total. The summed E-state index contributed by atoms with van der Waals surface area (Å²) in [7, 11) is 0. The van der Waals surface area contributed by atoms with E-state index in [0.717, 1.165) is 47.7 Å². The first-order valence-corrected chi connectivity index (χ1v) is 10.3. The molecule has 0 aliphatic carbocycles. The van der Waals surface area contributed by atoms with Gasteiger partial charge in [0.2, 0.25) is 0 Å². The number of hydrogen-bond donors (Lipinski definition) is 0. The number of hydrogen-bond acceptors (Lipinski definition) is 4. The first-order chi connectivity index (χ1) is 15.5. The third-order valence-electron chi connectivity index (χ3n) is 5.56. The summed E-state index contributed by atoms with van der Waals surface area (Å²) >= 11 is 0. The summed E-state index contributed by atoms with van der Waals surface area (Å²) < 4.78 is 44.8. The summed E-state index contributed by atoms with van der Waals surface area (Å²) in [5.41, 5.74) is 2.86. The average Bonchev–Trinajstić information content (AvgIpc) is 3.27. The lowest BCUT2D eigenvalue weighted by Gasteiger charge is -2.27. The van der Waals surface area contributed by atoms with Gasteiger partial charge in [-0.15, -0.1) is 0 Å². The van der Waals surface area contributed by atoms with Gasteiger partial charge in [0.1, 0.15) is 11.5 Å². The number of aromatic nitrogens is 2. The molecular formula is C25H20F3N3O. The van der Waals surface area contributed by atoms with Crippen LogP contribution in [-0.4, -0.2) is 21.4 Å². The minimum absolute atomic E-state index is 0.414. The van der Waals surface area contributed by atoms with Crippen molar-refractivity contribution in [3.63, 3.8) is 0 Å². The standard InChI is InChI=1S/C25H20F3N3O/c26-25(27,28)20-8-4-7-18(13-20)23-10-9-21(32-23)16-31-12-11-22-19(15-31)14-29-24(30-22)17-5-2-1-3-6-17/h1-10,13-14H,11-12,15-16H2. The minimum atomic E-state index is -4.38. The molecule has 0 radical (unpaired) electrons. The summed E-state index contributed by atoms with van der Waals surface area (Å²) in [6.07, 6.45) is -1.69. The zero-order valence-corrected chi connectivity index (χ0v) is 17.1. The van der Waals surface area contributed by atoms with Crippen LogP contribution in [0.5, 0.6) is 0 Å². The van der Waals surface area contributed by atoms with Crippen LogP contribution in [0.4, 0.5) is 13.2 Å². The average molecular weight is 435 g/mol. The van der Waals surface area contributed by atoms with E-state index in [0.29, 0.717) is 30.2 Å². The lowest BCUT2D eigenvalue weighted by atomic mass is 10.1. The smallest absolute Gasteiger partial charge is 0.416 e. The van der Waals surface area contributed by atoms with Gasteiger partial charge in [-0.1, -0.05) is 42.5 Å². The Morgan fingerprint density at radius 3 is 2.56 bits per heavy atom. The molecule has 3 heterocycles. The summed E-state index contributed by atoms with van der Waals surface area (Å²) in [4.78, 5) is 11.5. The molecule has 4 aromatic rings. The third kappa shape index (κ3) is 4.29. The topological polar surface area (TPSA) is 42.2 Å². The highest BCUT2D eigenvalue weighted by Crippen LogP contribution is 2.33. The monoisotopic (exact) mass is 435 g/mol. The Morgan fingerprint density at radius 2 is 1.75 bits per heavy atom. The van der Waals surface area contributed by atoms with E-state index in [4.69, 9.17) is 9.40 Å². The Bertz CT molecular complexity index is 1230. The fraction of sp³-hybridized carbons (Fsp3) is 0.200. The zero-order chi connectivity index (χ0) is 22.1. The number of nitrogens with zero attached hydrogens (tertiary/aromatic N) is 3. The maximum Gasteiger partial charge on any atom is 0.416 e. The number of halogens is 3. The number of benzene rings is 2. The second-order valence-electron chi connectivity index (χ2n) is 7.84. The van der Waals surface area contributed by atoms with E-state index in [1.54, 1.807) is 12.1 Å². The van der Waals surface area contributed by atoms with Crippen molar-refractivity contribution in [1.29, 1.82) is 0 Å². The number of alkyl halides is 3. The summed E-state index contributed by atoms with van der Waals surface area (Å²) in [6.45, 7) is 2.08. The van der Waals surface area contributed by atoms with Crippen LogP contribution in [0.2, 0.25) is 0 Å². The van der Waals surface area contributed by atoms with E-state index in [1.807, 2.05) is 42.6 Å². The predicted octanol–water partition coefficient (Wildman–Crippen LogP) is 5.98. The molecule has 0 saturated carbocycles. The van der Waals surface area contributed by atoms with Crippen molar-refractivity contribution in [3.05, 3.63) is 95.5 Å². The van der Waals surface area contributed by atoms with E-state index in [9.17, 15) is 13.2 Å². The van der Waals surface area contributed by atoms with Crippen LogP contribution in [0.3, 0.4) is 0 Å². The molecule has 2 aromatic heterocycles. The van der Waals surface area contributed by atoms with Gasteiger partial charge in [-0.05, 0) is 24.3 Å². The van der Waals surface area contributed by atoms with Gasteiger partial charge in [0.05, 0.1) is 17.8 Å². The molecule has 0 spiro atoms. The lowest BCUT2D eigenvalue weighted by Crippen LogP contribution is -2.30. The van der Waals surface area contributed by atoms with Crippen molar-refractivity contribution in [2.24, 2.45) is 0 Å². The van der Waals surface area contributed by atoms with E-state index >= 15 is 0 Å². The molecule has 0 unspecified atom stereocenters. The molecule has 0 atom stereocenters. The van der Waals surface area contributed by atoms with Crippen LogP contribution in [0.15, 0.2) is 77.3 Å². The molecule has 5 rings (SSSR count). The van der Waals surface area contributed by atoms with Crippen molar-refractivity contribution in [1.82, 2.24) is 14.9 Å². The fourth-order valence-corrected chi connectivity index (χ4v) is 3.92. The van der Waals surface area contributed by atoms with Gasteiger partial charge < -0.3 is 4.42 Å². The van der Waals surface area contributed by atoms with Crippen LogP contribution in [0.25, 0.3) is 22.7 Å². The van der Waals surface area contributed by atoms with E-state index in [2.05, 4.69) is 9.88 Å². The van der Waals surface area contributed by atoms with E-state index in [1.165, 1.54) is 6.07 Å². The first kappa shape index (κ1) is 20.5. The molecule has 32 heavy (non-hydrogen) atoms. The van der Waals surface area contributed by atoms with Crippen LogP contribution >= 0.6 is 0 Å². The van der Waals surface area contributed by atoms with Gasteiger partial charge in [0, 0.05) is 42.4 Å². The highest BCUT2D eigenvalue weighted by Gasteiger charge is 2.30. The van der Waals surface area contributed by atoms with Crippen molar-refractivity contribution in [2.75, 3.05) is 6.54 Å². The molecule has 4 nitrogen and oxygen atoms in total. The number of fused-ring (bicyclic) bond motifs is 1. The molecular weight excluding hydrogens is 415 g/mol.